The summed E-state index contributed by atoms with van der Waals surface area (Å²) in [7, 11) is 0. The van der Waals surface area contributed by atoms with Gasteiger partial charge in [0.1, 0.15) is 0 Å². The molecular formula is C16H13N. The van der Waals surface area contributed by atoms with Crippen molar-refractivity contribution < 1.29 is 0 Å². The molecule has 1 aliphatic rings. The highest BCUT2D eigenvalue weighted by atomic mass is 14.5. The fraction of sp³-hybridized carbons (Fsp3) is 0.125. The van der Waals surface area contributed by atoms with Gasteiger partial charge < -0.3 is 5.73 Å². The lowest BCUT2D eigenvalue weighted by molar-refractivity contribution is 1.04. The first kappa shape index (κ1) is 9.06. The summed E-state index contributed by atoms with van der Waals surface area (Å²) < 4.78 is 0. The molecule has 0 heterocycles. The maximum atomic E-state index is 6.18. The smallest absolute Gasteiger partial charge is 0.0397 e. The molecule has 0 spiro atoms. The summed E-state index contributed by atoms with van der Waals surface area (Å²) in [5, 5.41) is 6.58. The van der Waals surface area contributed by atoms with Gasteiger partial charge in [0, 0.05) is 10.9 Å². The number of benzene rings is 3. The van der Waals surface area contributed by atoms with Crippen LogP contribution in [0.25, 0.3) is 27.6 Å². The minimum absolute atomic E-state index is 0.914. The Balaban J connectivity index is 2.45. The summed E-state index contributed by atoms with van der Waals surface area (Å²) in [4.78, 5) is 0. The van der Waals surface area contributed by atoms with Crippen molar-refractivity contribution in [3.8, 4) is 0 Å². The van der Waals surface area contributed by atoms with Crippen LogP contribution in [0.3, 0.4) is 0 Å². The van der Waals surface area contributed by atoms with Gasteiger partial charge >= 0.3 is 0 Å². The lowest BCUT2D eigenvalue weighted by Gasteiger charge is -2.16. The summed E-state index contributed by atoms with van der Waals surface area (Å²) in [6, 6.07) is 13.0. The molecule has 82 valence electrons. The normalized spacial score (nSPS) is 14.1. The lowest BCUT2D eigenvalue weighted by Crippen LogP contribution is -2.15. The number of nitrogen functional groups attached to an aromatic ring is 1. The van der Waals surface area contributed by atoms with Crippen LogP contribution in [0.5, 0.6) is 0 Å². The zero-order valence-corrected chi connectivity index (χ0v) is 9.53. The Morgan fingerprint density at radius 2 is 1.82 bits per heavy atom. The molecule has 3 aromatic rings. The number of nitrogens with two attached hydrogens (primary N) is 1. The van der Waals surface area contributed by atoms with Crippen molar-refractivity contribution in [2.24, 2.45) is 0 Å². The molecule has 2 N–H and O–H groups in total. The van der Waals surface area contributed by atoms with E-state index >= 15 is 0 Å². The Bertz CT molecular complexity index is 799. The van der Waals surface area contributed by atoms with Crippen molar-refractivity contribution >= 4 is 33.3 Å². The molecule has 0 radical (unpaired) electrons. The Morgan fingerprint density at radius 3 is 2.76 bits per heavy atom. The van der Waals surface area contributed by atoms with E-state index < -0.39 is 0 Å². The van der Waals surface area contributed by atoms with E-state index in [4.69, 9.17) is 5.73 Å². The largest absolute Gasteiger partial charge is 0.398 e. The van der Waals surface area contributed by atoms with E-state index in [1.54, 1.807) is 0 Å². The van der Waals surface area contributed by atoms with Gasteiger partial charge in [0.15, 0.2) is 0 Å². The summed E-state index contributed by atoms with van der Waals surface area (Å²) in [5.74, 6) is 0. The molecule has 0 aromatic heterocycles. The minimum atomic E-state index is 0.914. The number of aryl methyl sites for hydroxylation is 1. The van der Waals surface area contributed by atoms with Crippen molar-refractivity contribution in [2.75, 3.05) is 5.73 Å². The topological polar surface area (TPSA) is 26.0 Å². The molecule has 0 unspecified atom stereocenters. The standard InChI is InChI=1S/C16H13N/c17-14-9-12-5-1-3-10-7-8-11-4-2-6-13(14)16(11)15(10)12/h1,3,5-9H,2,4,17H2. The molecule has 0 atom stereocenters. The third kappa shape index (κ3) is 1.09. The Morgan fingerprint density at radius 1 is 0.941 bits per heavy atom. The Hall–Kier alpha value is -2.02. The summed E-state index contributed by atoms with van der Waals surface area (Å²) in [6.45, 7) is 0. The van der Waals surface area contributed by atoms with Gasteiger partial charge in [-0.05, 0) is 46.0 Å². The first-order valence-corrected chi connectivity index (χ1v) is 6.07. The predicted molar refractivity (Wildman–Crippen MR) is 73.9 cm³/mol. The lowest BCUT2D eigenvalue weighted by atomic mass is 9.89. The van der Waals surface area contributed by atoms with E-state index in [2.05, 4.69) is 42.5 Å². The molecular weight excluding hydrogens is 206 g/mol. The SMILES string of the molecule is Nc1cc2cccc3ccc4c(c1=CCC4)c32. The number of hydrogen-bond donors (Lipinski definition) is 1. The fourth-order valence-electron chi connectivity index (χ4n) is 3.07. The molecule has 1 nitrogen and oxygen atoms in total. The van der Waals surface area contributed by atoms with Crippen LogP contribution in [0.4, 0.5) is 5.69 Å². The molecule has 17 heavy (non-hydrogen) atoms. The summed E-state index contributed by atoms with van der Waals surface area (Å²) in [6.07, 6.45) is 4.52. The second-order valence-corrected chi connectivity index (χ2v) is 4.80. The van der Waals surface area contributed by atoms with Crippen molar-refractivity contribution in [1.82, 2.24) is 0 Å². The highest BCUT2D eigenvalue weighted by molar-refractivity contribution is 6.13. The monoisotopic (exact) mass is 219 g/mol. The summed E-state index contributed by atoms with van der Waals surface area (Å²) >= 11 is 0. The zero-order chi connectivity index (χ0) is 11.4. The van der Waals surface area contributed by atoms with Gasteiger partial charge in [-0.1, -0.05) is 36.4 Å². The van der Waals surface area contributed by atoms with E-state index in [0.29, 0.717) is 0 Å². The number of hydrogen-bond acceptors (Lipinski definition) is 1. The van der Waals surface area contributed by atoms with Gasteiger partial charge in [0.25, 0.3) is 0 Å². The molecule has 1 aliphatic carbocycles. The Labute approximate surface area is 99.5 Å². The highest BCUT2D eigenvalue weighted by Crippen LogP contribution is 2.30. The average molecular weight is 219 g/mol. The van der Waals surface area contributed by atoms with Gasteiger partial charge in [-0.2, -0.15) is 0 Å². The van der Waals surface area contributed by atoms with Gasteiger partial charge in [-0.15, -0.1) is 0 Å². The van der Waals surface area contributed by atoms with Crippen LogP contribution in [-0.4, -0.2) is 0 Å². The molecule has 1 heteroatoms. The van der Waals surface area contributed by atoms with Gasteiger partial charge in [-0.25, -0.2) is 0 Å². The van der Waals surface area contributed by atoms with Crippen molar-refractivity contribution in [2.45, 2.75) is 12.8 Å². The van der Waals surface area contributed by atoms with Crippen LogP contribution in [0, 0.1) is 0 Å². The molecule has 3 aromatic carbocycles. The minimum Gasteiger partial charge on any atom is -0.398 e. The van der Waals surface area contributed by atoms with E-state index in [1.165, 1.54) is 32.3 Å². The van der Waals surface area contributed by atoms with Gasteiger partial charge in [0.2, 0.25) is 0 Å². The number of rotatable bonds is 0. The predicted octanol–water partition coefficient (Wildman–Crippen LogP) is 3.02. The molecule has 0 fully saturated rings. The maximum absolute atomic E-state index is 6.18. The van der Waals surface area contributed by atoms with Crippen LogP contribution < -0.4 is 11.0 Å². The van der Waals surface area contributed by atoms with Crippen LogP contribution in [0.15, 0.2) is 36.4 Å². The fourth-order valence-corrected chi connectivity index (χ4v) is 3.07. The average Bonchev–Trinajstić information content (AvgIpc) is 2.37. The van der Waals surface area contributed by atoms with E-state index in [1.807, 2.05) is 0 Å². The first-order chi connectivity index (χ1) is 8.34. The first-order valence-electron chi connectivity index (χ1n) is 6.07. The quantitative estimate of drug-likeness (QED) is 0.578. The van der Waals surface area contributed by atoms with E-state index in [0.717, 1.165) is 18.5 Å². The zero-order valence-electron chi connectivity index (χ0n) is 9.53. The third-order valence-corrected chi connectivity index (χ3v) is 3.82. The van der Waals surface area contributed by atoms with Gasteiger partial charge in [-0.3, -0.25) is 0 Å². The molecule has 0 aliphatic heterocycles. The molecule has 4 rings (SSSR count). The van der Waals surface area contributed by atoms with E-state index in [9.17, 15) is 0 Å². The Kier molecular flexibility index (Phi) is 1.60. The summed E-state index contributed by atoms with van der Waals surface area (Å²) in [5.41, 5.74) is 8.53. The van der Waals surface area contributed by atoms with Crippen LogP contribution >= 0.6 is 0 Å². The van der Waals surface area contributed by atoms with Crippen LogP contribution in [-0.2, 0) is 6.42 Å². The highest BCUT2D eigenvalue weighted by Gasteiger charge is 2.12. The van der Waals surface area contributed by atoms with Crippen molar-refractivity contribution in [3.63, 3.8) is 0 Å². The second kappa shape index (κ2) is 3.01. The number of anilines is 1. The van der Waals surface area contributed by atoms with Gasteiger partial charge in [0.05, 0.1) is 0 Å². The van der Waals surface area contributed by atoms with Crippen LogP contribution in [0.1, 0.15) is 12.0 Å². The molecule has 0 saturated heterocycles. The molecule has 0 saturated carbocycles. The van der Waals surface area contributed by atoms with Crippen LogP contribution in [0.2, 0.25) is 0 Å². The van der Waals surface area contributed by atoms with Crippen molar-refractivity contribution in [3.05, 3.63) is 47.2 Å². The molecule has 0 bridgehead atoms. The van der Waals surface area contributed by atoms with Crippen molar-refractivity contribution in [1.29, 1.82) is 0 Å². The van der Waals surface area contributed by atoms with E-state index in [-0.39, 0.29) is 0 Å². The third-order valence-electron chi connectivity index (χ3n) is 3.82. The second-order valence-electron chi connectivity index (χ2n) is 4.80. The maximum Gasteiger partial charge on any atom is 0.0397 e. The molecule has 0 amide bonds.